The molecule has 3 aliphatic rings. The van der Waals surface area contributed by atoms with Gasteiger partial charge in [0, 0.05) is 31.8 Å². The molecule has 17 heteroatoms. The maximum Gasteiger partial charge on any atom is 0.332 e. The normalized spacial score (nSPS) is 20.5. The zero-order chi connectivity index (χ0) is 46.9. The molecule has 0 spiro atoms. The molecular formula is C50H76N4O13. The number of rotatable bonds is 35. The average Bonchev–Trinajstić information content (AvgIpc) is 4.11. The third-order valence-electron chi connectivity index (χ3n) is 13.3. The van der Waals surface area contributed by atoms with Gasteiger partial charge in [-0.3, -0.25) is 13.9 Å². The molecule has 67 heavy (non-hydrogen) atoms. The highest BCUT2D eigenvalue weighted by molar-refractivity contribution is 5.87. The quantitative estimate of drug-likeness (QED) is 0.0441. The Balaban J connectivity index is 0.812. The van der Waals surface area contributed by atoms with Crippen molar-refractivity contribution in [1.29, 1.82) is 0 Å². The minimum absolute atomic E-state index is 0.118. The van der Waals surface area contributed by atoms with Crippen LogP contribution in [0.2, 0.25) is 0 Å². The van der Waals surface area contributed by atoms with Gasteiger partial charge in [0.2, 0.25) is 0 Å². The fourth-order valence-corrected chi connectivity index (χ4v) is 9.71. The van der Waals surface area contributed by atoms with Gasteiger partial charge in [0.1, 0.15) is 17.9 Å². The van der Waals surface area contributed by atoms with Crippen LogP contribution >= 0.6 is 0 Å². The summed E-state index contributed by atoms with van der Waals surface area (Å²) < 4.78 is 57.3. The van der Waals surface area contributed by atoms with Crippen molar-refractivity contribution >= 4 is 23.2 Å². The molecule has 0 amide bonds. The summed E-state index contributed by atoms with van der Waals surface area (Å²) in [5.74, 6) is 2.73. The highest BCUT2D eigenvalue weighted by atomic mass is 16.6. The van der Waals surface area contributed by atoms with Gasteiger partial charge < -0.3 is 52.4 Å². The van der Waals surface area contributed by atoms with E-state index in [1.807, 2.05) is 24.3 Å². The van der Waals surface area contributed by atoms with E-state index in [1.54, 1.807) is 17.8 Å². The fraction of sp³-hybridized carbons (Fsp3) is 0.720. The standard InChI is InChI=1S/C50H76N4O13/c1-3-40-6-4-5-7-43(40)36-54-49(56)46-48(53(50(54)57)37-44-35-39-10-14-42(44)34-39)52-47(51-46)41-12-8-38(9-13-41)11-15-45(55)67-33-32-66-31-30-65-29-28-64-27-26-63-25-24-62-23-22-61-21-20-60-19-18-59-17-16-58-2/h8-9,11-13,15,39-40,42-44H,3-7,10,14,16-37H2,1-2H3,(H,51,52)/b15-11+. The topological polar surface area (TPSA) is 182 Å². The molecule has 2 aromatic heterocycles. The molecule has 374 valence electrons. The van der Waals surface area contributed by atoms with E-state index in [1.165, 1.54) is 36.3 Å². The first-order valence-electron chi connectivity index (χ1n) is 24.7. The molecule has 17 nitrogen and oxygen atoms in total. The van der Waals surface area contributed by atoms with Gasteiger partial charge in [0.05, 0.1) is 112 Å². The zero-order valence-corrected chi connectivity index (χ0v) is 40.0. The number of H-pyrrole nitrogens is 1. The summed E-state index contributed by atoms with van der Waals surface area (Å²) in [6.45, 7) is 11.4. The van der Waals surface area contributed by atoms with Gasteiger partial charge >= 0.3 is 11.7 Å². The first-order chi connectivity index (χ1) is 32.9. The van der Waals surface area contributed by atoms with Crippen LogP contribution in [0.1, 0.15) is 70.3 Å². The van der Waals surface area contributed by atoms with Crippen molar-refractivity contribution in [2.24, 2.45) is 29.6 Å². The summed E-state index contributed by atoms with van der Waals surface area (Å²) in [5, 5.41) is 0. The largest absolute Gasteiger partial charge is 0.460 e. The summed E-state index contributed by atoms with van der Waals surface area (Å²) in [6, 6.07) is 7.55. The molecule has 2 bridgehead atoms. The van der Waals surface area contributed by atoms with Crippen molar-refractivity contribution in [2.75, 3.05) is 126 Å². The van der Waals surface area contributed by atoms with E-state index in [0.717, 1.165) is 49.1 Å². The number of nitrogens with zero attached hydrogens (tertiary/aromatic N) is 3. The first-order valence-corrected chi connectivity index (χ1v) is 24.7. The van der Waals surface area contributed by atoms with E-state index < -0.39 is 5.97 Å². The predicted molar refractivity (Wildman–Crippen MR) is 253 cm³/mol. The van der Waals surface area contributed by atoms with Crippen molar-refractivity contribution in [3.05, 3.63) is 56.7 Å². The van der Waals surface area contributed by atoms with E-state index >= 15 is 0 Å². The molecule has 3 saturated carbocycles. The number of nitrogens with one attached hydrogen (secondary N) is 1. The molecule has 3 fully saturated rings. The van der Waals surface area contributed by atoms with Crippen molar-refractivity contribution in [2.45, 2.75) is 77.8 Å². The lowest BCUT2D eigenvalue weighted by Crippen LogP contribution is -2.43. The number of hydrogen-bond donors (Lipinski definition) is 1. The average molecular weight is 941 g/mol. The Morgan fingerprint density at radius 3 is 1.67 bits per heavy atom. The lowest BCUT2D eigenvalue weighted by Gasteiger charge is -2.31. The Kier molecular flexibility index (Phi) is 23.5. The van der Waals surface area contributed by atoms with Crippen LogP contribution in [0.4, 0.5) is 0 Å². The molecule has 1 aromatic carbocycles. The molecule has 3 aromatic rings. The fourth-order valence-electron chi connectivity index (χ4n) is 9.71. The second-order valence-electron chi connectivity index (χ2n) is 17.8. The second-order valence-corrected chi connectivity index (χ2v) is 17.8. The molecular weight excluding hydrogens is 865 g/mol. The molecule has 6 rings (SSSR count). The van der Waals surface area contributed by atoms with Crippen molar-refractivity contribution < 1.29 is 52.2 Å². The number of esters is 1. The number of hydrogen-bond acceptors (Lipinski definition) is 14. The highest BCUT2D eigenvalue weighted by Crippen LogP contribution is 2.49. The molecule has 0 aliphatic heterocycles. The summed E-state index contributed by atoms with van der Waals surface area (Å²) in [6.07, 6.45) is 13.6. The third kappa shape index (κ3) is 17.3. The van der Waals surface area contributed by atoms with Crippen molar-refractivity contribution in [1.82, 2.24) is 19.1 Å². The van der Waals surface area contributed by atoms with E-state index in [9.17, 15) is 14.4 Å². The van der Waals surface area contributed by atoms with Crippen LogP contribution in [-0.2, 0) is 65.3 Å². The van der Waals surface area contributed by atoms with Crippen LogP contribution in [-0.4, -0.2) is 151 Å². The first kappa shape index (κ1) is 52.6. The molecule has 2 heterocycles. The maximum atomic E-state index is 14.2. The summed E-state index contributed by atoms with van der Waals surface area (Å²) in [7, 11) is 1.64. The van der Waals surface area contributed by atoms with Gasteiger partial charge in [0.25, 0.3) is 5.56 Å². The number of aromatic nitrogens is 4. The number of carbonyl (C=O) groups excluding carboxylic acids is 1. The van der Waals surface area contributed by atoms with Gasteiger partial charge in [-0.05, 0) is 66.9 Å². The minimum atomic E-state index is -0.475. The SMILES string of the molecule is CCC1CCCCC1Cn1c(=O)c2[nH]c(-c3ccc(/C=C/C(=O)OCCOCCOCCOCCOCCOCCOCCOCCOCCOC)cc3)nc2n(CC2CC3CCC2C3)c1=O. The highest BCUT2D eigenvalue weighted by Gasteiger charge is 2.40. The van der Waals surface area contributed by atoms with Crippen LogP contribution in [0.15, 0.2) is 39.9 Å². The van der Waals surface area contributed by atoms with E-state index in [4.69, 9.17) is 52.4 Å². The smallest absolute Gasteiger partial charge is 0.332 e. The number of carbonyl (C=O) groups is 1. The van der Waals surface area contributed by atoms with Crippen LogP contribution in [0.25, 0.3) is 28.6 Å². The van der Waals surface area contributed by atoms with Crippen molar-refractivity contribution in [3.8, 4) is 11.4 Å². The van der Waals surface area contributed by atoms with Gasteiger partial charge in [-0.15, -0.1) is 0 Å². The van der Waals surface area contributed by atoms with Crippen LogP contribution in [0.5, 0.6) is 0 Å². The van der Waals surface area contributed by atoms with Crippen LogP contribution in [0.3, 0.4) is 0 Å². The zero-order valence-electron chi connectivity index (χ0n) is 40.0. The Labute approximate surface area is 395 Å². The molecule has 5 atom stereocenters. The maximum absolute atomic E-state index is 14.2. The predicted octanol–water partition coefficient (Wildman–Crippen LogP) is 5.54. The van der Waals surface area contributed by atoms with Crippen molar-refractivity contribution in [3.63, 3.8) is 0 Å². The molecule has 0 saturated heterocycles. The minimum Gasteiger partial charge on any atom is -0.460 e. The number of imidazole rings is 1. The summed E-state index contributed by atoms with van der Waals surface area (Å²) in [5.41, 5.74) is 1.90. The van der Waals surface area contributed by atoms with Crippen LogP contribution in [0, 0.1) is 29.6 Å². The number of benzene rings is 1. The number of aromatic amines is 1. The molecule has 5 unspecified atom stereocenters. The number of ether oxygens (including phenoxy) is 10. The number of methoxy groups -OCH3 is 1. The Morgan fingerprint density at radius 2 is 1.16 bits per heavy atom. The summed E-state index contributed by atoms with van der Waals surface area (Å²) >= 11 is 0. The Bertz CT molecular complexity index is 2020. The molecule has 0 radical (unpaired) electrons. The van der Waals surface area contributed by atoms with E-state index in [-0.39, 0.29) is 24.5 Å². The summed E-state index contributed by atoms with van der Waals surface area (Å²) in [4.78, 5) is 48.9. The Hall–Kier alpha value is -3.78. The third-order valence-corrected chi connectivity index (χ3v) is 13.3. The second kappa shape index (κ2) is 30.0. The van der Waals surface area contributed by atoms with E-state index in [2.05, 4.69) is 11.9 Å². The lowest BCUT2D eigenvalue weighted by molar-refractivity contribution is -0.139. The van der Waals surface area contributed by atoms with Gasteiger partial charge in [-0.2, -0.15) is 0 Å². The molecule has 3 aliphatic carbocycles. The number of fused-ring (bicyclic) bond motifs is 3. The van der Waals surface area contributed by atoms with Gasteiger partial charge in [-0.1, -0.05) is 63.3 Å². The monoisotopic (exact) mass is 941 g/mol. The van der Waals surface area contributed by atoms with Gasteiger partial charge in [0.15, 0.2) is 5.65 Å². The lowest BCUT2D eigenvalue weighted by atomic mass is 9.78. The van der Waals surface area contributed by atoms with Gasteiger partial charge in [-0.25, -0.2) is 14.6 Å². The van der Waals surface area contributed by atoms with Crippen LogP contribution < -0.4 is 11.2 Å². The molecule has 1 N–H and O–H groups in total. The Morgan fingerprint density at radius 1 is 0.642 bits per heavy atom. The van der Waals surface area contributed by atoms with E-state index in [0.29, 0.717) is 159 Å².